The Bertz CT molecular complexity index is 389. The molecule has 2 amide bonds. The van der Waals surface area contributed by atoms with Crippen molar-refractivity contribution >= 4 is 29.4 Å². The number of amides is 2. The van der Waals surface area contributed by atoms with Crippen LogP contribution in [0.5, 0.6) is 0 Å². The first-order chi connectivity index (χ1) is 11.2. The molecule has 142 valence electrons. The highest BCUT2D eigenvalue weighted by molar-refractivity contribution is 8.00. The van der Waals surface area contributed by atoms with E-state index in [1.807, 2.05) is 41.5 Å². The highest BCUT2D eigenvalue weighted by atomic mass is 32.2. The predicted molar refractivity (Wildman–Crippen MR) is 102 cm³/mol. The van der Waals surface area contributed by atoms with Crippen LogP contribution in [0.3, 0.4) is 0 Å². The number of nitrogens with two attached hydrogens (primary N) is 1. The lowest BCUT2D eigenvalue weighted by Crippen LogP contribution is -2.42. The molecule has 0 aromatic heterocycles. The molecule has 24 heavy (non-hydrogen) atoms. The summed E-state index contributed by atoms with van der Waals surface area (Å²) in [7, 11) is 0. The van der Waals surface area contributed by atoms with Crippen molar-refractivity contribution < 1.29 is 14.4 Å². The topological polar surface area (TPSA) is 101 Å². The Kier molecular flexibility index (Phi) is 15.0. The summed E-state index contributed by atoms with van der Waals surface area (Å²) in [4.78, 5) is 35.4. The first-order valence-electron chi connectivity index (χ1n) is 8.64. The quantitative estimate of drug-likeness (QED) is 0.551. The van der Waals surface area contributed by atoms with Gasteiger partial charge in [0.05, 0.1) is 11.3 Å². The number of carbonyl (C=O) groups excluding carboxylic acids is 3. The van der Waals surface area contributed by atoms with Gasteiger partial charge in [0.1, 0.15) is 5.78 Å². The molecule has 0 heterocycles. The van der Waals surface area contributed by atoms with Gasteiger partial charge < -0.3 is 16.4 Å². The molecule has 0 aromatic carbocycles. The standard InChI is InChI=1S/C15H29N3O3S.C2H6/c1-6-10(4)18-15(21)13(7-14(20)17-9(2)3)22-8-12(16)11(5)19;1-2/h9-10,12-13H,6-8,16H2,1-5H3,(H,17,20)(H,18,21);1-2H3. The van der Waals surface area contributed by atoms with Crippen molar-refractivity contribution in [3.8, 4) is 0 Å². The zero-order valence-electron chi connectivity index (χ0n) is 16.1. The number of hydrogen-bond donors (Lipinski definition) is 3. The molecule has 0 radical (unpaired) electrons. The molecule has 0 fully saturated rings. The predicted octanol–water partition coefficient (Wildman–Crippen LogP) is 1.86. The molecule has 3 atom stereocenters. The zero-order valence-corrected chi connectivity index (χ0v) is 17.0. The molecule has 0 aromatic rings. The van der Waals surface area contributed by atoms with Crippen LogP contribution in [0.15, 0.2) is 0 Å². The maximum Gasteiger partial charge on any atom is 0.233 e. The molecule has 7 heteroatoms. The van der Waals surface area contributed by atoms with Crippen LogP contribution in [0.1, 0.15) is 61.3 Å². The van der Waals surface area contributed by atoms with Crippen LogP contribution in [0.4, 0.5) is 0 Å². The monoisotopic (exact) mass is 361 g/mol. The number of ketones is 1. The van der Waals surface area contributed by atoms with Crippen LogP contribution < -0.4 is 16.4 Å². The van der Waals surface area contributed by atoms with E-state index in [0.717, 1.165) is 6.42 Å². The zero-order chi connectivity index (χ0) is 19.3. The maximum atomic E-state index is 12.3. The maximum absolute atomic E-state index is 12.3. The normalized spacial score (nSPS) is 14.0. The molecule has 0 saturated heterocycles. The minimum Gasteiger partial charge on any atom is -0.354 e. The molecule has 0 aliphatic heterocycles. The van der Waals surface area contributed by atoms with Gasteiger partial charge in [-0.15, -0.1) is 11.8 Å². The molecule has 6 nitrogen and oxygen atoms in total. The third-order valence-electron chi connectivity index (χ3n) is 3.11. The van der Waals surface area contributed by atoms with Gasteiger partial charge >= 0.3 is 0 Å². The fraction of sp³-hybridized carbons (Fsp3) is 0.824. The van der Waals surface area contributed by atoms with E-state index in [4.69, 9.17) is 5.73 Å². The van der Waals surface area contributed by atoms with Gasteiger partial charge in [-0.2, -0.15) is 0 Å². The van der Waals surface area contributed by atoms with Gasteiger partial charge in [0.15, 0.2) is 0 Å². The molecule has 4 N–H and O–H groups in total. The molecule has 0 aliphatic rings. The van der Waals surface area contributed by atoms with Crippen LogP contribution in [0.2, 0.25) is 0 Å². The lowest BCUT2D eigenvalue weighted by Gasteiger charge is -2.20. The number of rotatable bonds is 10. The summed E-state index contributed by atoms with van der Waals surface area (Å²) < 4.78 is 0. The van der Waals surface area contributed by atoms with E-state index in [1.54, 1.807) is 0 Å². The number of carbonyl (C=O) groups is 3. The molecule has 0 spiro atoms. The molecular formula is C17H35N3O3S. The van der Waals surface area contributed by atoms with Crippen LogP contribution in [0.25, 0.3) is 0 Å². The average Bonchev–Trinajstić information content (AvgIpc) is 2.51. The van der Waals surface area contributed by atoms with Gasteiger partial charge in [0.25, 0.3) is 0 Å². The van der Waals surface area contributed by atoms with Crippen molar-refractivity contribution in [3.63, 3.8) is 0 Å². The summed E-state index contributed by atoms with van der Waals surface area (Å²) in [6.07, 6.45) is 0.893. The SMILES string of the molecule is CC.CCC(C)NC(=O)C(CC(=O)NC(C)C)SCC(N)C(C)=O. The van der Waals surface area contributed by atoms with E-state index in [9.17, 15) is 14.4 Å². The Labute approximate surface area is 151 Å². The van der Waals surface area contributed by atoms with Crippen molar-refractivity contribution in [1.29, 1.82) is 0 Å². The third kappa shape index (κ3) is 12.4. The summed E-state index contributed by atoms with van der Waals surface area (Å²) in [6, 6.07) is -0.544. The lowest BCUT2D eigenvalue weighted by atomic mass is 10.2. The highest BCUT2D eigenvalue weighted by Gasteiger charge is 2.25. The Morgan fingerprint density at radius 3 is 2.04 bits per heavy atom. The summed E-state index contributed by atoms with van der Waals surface area (Å²) in [5, 5.41) is 5.11. The number of Topliss-reactive ketones (excluding diaryl/α,β-unsaturated/α-hetero) is 1. The number of hydrogen-bond acceptors (Lipinski definition) is 5. The Balaban J connectivity index is 0. The Hall–Kier alpha value is -1.08. The van der Waals surface area contributed by atoms with Crippen LogP contribution in [-0.4, -0.2) is 46.7 Å². The van der Waals surface area contributed by atoms with Crippen molar-refractivity contribution in [1.82, 2.24) is 10.6 Å². The van der Waals surface area contributed by atoms with Gasteiger partial charge in [-0.3, -0.25) is 14.4 Å². The van der Waals surface area contributed by atoms with E-state index in [-0.39, 0.29) is 36.1 Å². The Morgan fingerprint density at radius 1 is 1.08 bits per heavy atom. The van der Waals surface area contributed by atoms with Gasteiger partial charge in [-0.1, -0.05) is 20.8 Å². The largest absolute Gasteiger partial charge is 0.354 e. The molecule has 0 saturated carbocycles. The molecule has 3 unspecified atom stereocenters. The fourth-order valence-electron chi connectivity index (χ4n) is 1.55. The minimum absolute atomic E-state index is 0.0234. The van der Waals surface area contributed by atoms with E-state index in [1.165, 1.54) is 18.7 Å². The van der Waals surface area contributed by atoms with Gasteiger partial charge in [-0.05, 0) is 34.1 Å². The third-order valence-corrected chi connectivity index (χ3v) is 4.45. The molecule has 0 aliphatic carbocycles. The highest BCUT2D eigenvalue weighted by Crippen LogP contribution is 2.17. The van der Waals surface area contributed by atoms with Crippen molar-refractivity contribution in [2.45, 2.75) is 84.7 Å². The summed E-state index contributed by atoms with van der Waals surface area (Å²) in [5.74, 6) is -0.166. The summed E-state index contributed by atoms with van der Waals surface area (Å²) in [6.45, 7) is 13.0. The van der Waals surface area contributed by atoms with Crippen molar-refractivity contribution in [2.75, 3.05) is 5.75 Å². The van der Waals surface area contributed by atoms with Crippen molar-refractivity contribution in [3.05, 3.63) is 0 Å². The molecular weight excluding hydrogens is 326 g/mol. The van der Waals surface area contributed by atoms with Crippen LogP contribution in [-0.2, 0) is 14.4 Å². The second kappa shape index (κ2) is 14.3. The average molecular weight is 362 g/mol. The first-order valence-corrected chi connectivity index (χ1v) is 9.69. The van der Waals surface area contributed by atoms with Crippen LogP contribution in [0, 0.1) is 0 Å². The van der Waals surface area contributed by atoms with E-state index in [2.05, 4.69) is 10.6 Å². The number of thioether (sulfide) groups is 1. The summed E-state index contributed by atoms with van der Waals surface area (Å²) >= 11 is 1.26. The van der Waals surface area contributed by atoms with Gasteiger partial charge in [0, 0.05) is 24.3 Å². The Morgan fingerprint density at radius 2 is 1.62 bits per heavy atom. The van der Waals surface area contributed by atoms with E-state index in [0.29, 0.717) is 5.75 Å². The smallest absolute Gasteiger partial charge is 0.233 e. The fourth-order valence-corrected chi connectivity index (χ4v) is 2.71. The molecule has 0 bridgehead atoms. The summed E-state index contributed by atoms with van der Waals surface area (Å²) in [5.41, 5.74) is 5.70. The minimum atomic E-state index is -0.614. The van der Waals surface area contributed by atoms with Crippen molar-refractivity contribution in [2.24, 2.45) is 5.73 Å². The van der Waals surface area contributed by atoms with Crippen LogP contribution >= 0.6 is 11.8 Å². The van der Waals surface area contributed by atoms with E-state index >= 15 is 0 Å². The van der Waals surface area contributed by atoms with Gasteiger partial charge in [0.2, 0.25) is 11.8 Å². The first kappa shape index (κ1) is 25.2. The number of nitrogens with one attached hydrogen (secondary N) is 2. The second-order valence-corrected chi connectivity index (χ2v) is 7.02. The lowest BCUT2D eigenvalue weighted by molar-refractivity contribution is -0.126. The van der Waals surface area contributed by atoms with E-state index < -0.39 is 11.3 Å². The van der Waals surface area contributed by atoms with Gasteiger partial charge in [-0.25, -0.2) is 0 Å². The molecule has 0 rings (SSSR count). The second-order valence-electron chi connectivity index (χ2n) is 5.78.